The maximum absolute atomic E-state index is 9.37. The third-order valence-corrected chi connectivity index (χ3v) is 7.57. The Balaban J connectivity index is 1.70. The standard InChI is InChI=1S/C33H45N3O2/c1-5-8-19-34-23-27(24-35(25-34)20-12-21-37)15-18-31-26(4)33(28-13-10-9-11-14-28)30-17-16-29(22-32(30)38-31)36(6-2)7-3/h9-11,13-18,22,37H,5-8,12,19-21,23-25H2,1-4H3. The van der Waals surface area contributed by atoms with Crippen molar-refractivity contribution < 1.29 is 9.84 Å². The molecule has 1 N–H and O–H groups in total. The van der Waals surface area contributed by atoms with Crippen LogP contribution in [-0.2, 0) is 0 Å². The fourth-order valence-electron chi connectivity index (χ4n) is 5.53. The Morgan fingerprint density at radius 3 is 2.29 bits per heavy atom. The molecule has 1 saturated heterocycles. The Bertz CT molecular complexity index is 1130. The van der Waals surface area contributed by atoms with Gasteiger partial charge in [0.2, 0.25) is 0 Å². The molecule has 0 atom stereocenters. The highest BCUT2D eigenvalue weighted by molar-refractivity contribution is 5.89. The average Bonchev–Trinajstić information content (AvgIpc) is 2.95. The molecule has 1 fully saturated rings. The van der Waals surface area contributed by atoms with Crippen LogP contribution in [0.2, 0.25) is 0 Å². The molecule has 0 amide bonds. The fraction of sp³-hybridized carbons (Fsp3) is 0.455. The van der Waals surface area contributed by atoms with Gasteiger partial charge in [-0.25, -0.2) is 0 Å². The van der Waals surface area contributed by atoms with Gasteiger partial charge in [0.25, 0.3) is 0 Å². The molecule has 0 saturated carbocycles. The number of benzene rings is 2. The molecular weight excluding hydrogens is 470 g/mol. The van der Waals surface area contributed by atoms with Gasteiger partial charge in [0.1, 0.15) is 11.5 Å². The number of fused-ring (bicyclic) bond motifs is 1. The lowest BCUT2D eigenvalue weighted by atomic mass is 9.90. The van der Waals surface area contributed by atoms with Crippen LogP contribution in [0.25, 0.3) is 5.57 Å². The van der Waals surface area contributed by atoms with Crippen molar-refractivity contribution in [3.05, 3.63) is 88.7 Å². The molecule has 2 aliphatic rings. The van der Waals surface area contributed by atoms with Gasteiger partial charge in [-0.1, -0.05) is 49.8 Å². The number of anilines is 1. The Kier molecular flexibility index (Phi) is 10.2. The molecule has 0 aliphatic carbocycles. The number of unbranched alkanes of at least 4 members (excludes halogenated alkanes) is 1. The van der Waals surface area contributed by atoms with E-state index in [9.17, 15) is 5.11 Å². The van der Waals surface area contributed by atoms with E-state index >= 15 is 0 Å². The Labute approximate surface area is 229 Å². The summed E-state index contributed by atoms with van der Waals surface area (Å²) in [6.07, 6.45) is 7.66. The summed E-state index contributed by atoms with van der Waals surface area (Å²) < 4.78 is 6.62. The van der Waals surface area contributed by atoms with Gasteiger partial charge in [0.15, 0.2) is 0 Å². The maximum atomic E-state index is 9.37. The van der Waals surface area contributed by atoms with Crippen molar-refractivity contribution in [2.45, 2.75) is 47.0 Å². The van der Waals surface area contributed by atoms with Crippen molar-refractivity contribution in [2.24, 2.45) is 0 Å². The summed E-state index contributed by atoms with van der Waals surface area (Å²) >= 11 is 0. The van der Waals surface area contributed by atoms with E-state index in [4.69, 9.17) is 4.74 Å². The summed E-state index contributed by atoms with van der Waals surface area (Å²) in [4.78, 5) is 7.33. The van der Waals surface area contributed by atoms with Crippen molar-refractivity contribution in [1.82, 2.24) is 9.80 Å². The zero-order valence-electron chi connectivity index (χ0n) is 23.7. The topological polar surface area (TPSA) is 39.2 Å². The monoisotopic (exact) mass is 515 g/mol. The third kappa shape index (κ3) is 6.76. The van der Waals surface area contributed by atoms with Gasteiger partial charge in [-0.15, -0.1) is 0 Å². The second-order valence-electron chi connectivity index (χ2n) is 10.4. The molecule has 0 spiro atoms. The van der Waals surface area contributed by atoms with E-state index in [0.717, 1.165) is 75.0 Å². The first kappa shape index (κ1) is 28.2. The molecule has 0 unspecified atom stereocenters. The van der Waals surface area contributed by atoms with Gasteiger partial charge in [0.05, 0.1) is 6.67 Å². The quantitative estimate of drug-likeness (QED) is 0.379. The number of nitrogens with zero attached hydrogens (tertiary/aromatic N) is 3. The molecule has 2 aromatic rings. The smallest absolute Gasteiger partial charge is 0.137 e. The highest BCUT2D eigenvalue weighted by Gasteiger charge is 2.25. The van der Waals surface area contributed by atoms with Gasteiger partial charge < -0.3 is 14.7 Å². The molecule has 204 valence electrons. The minimum absolute atomic E-state index is 0.240. The Hall–Kier alpha value is -2.86. The number of rotatable bonds is 11. The summed E-state index contributed by atoms with van der Waals surface area (Å²) in [5, 5.41) is 9.37. The van der Waals surface area contributed by atoms with E-state index in [1.54, 1.807) is 0 Å². The largest absolute Gasteiger partial charge is 0.456 e. The number of ether oxygens (including phenoxy) is 1. The molecule has 0 aromatic heterocycles. The summed E-state index contributed by atoms with van der Waals surface area (Å²) in [5.74, 6) is 1.83. The van der Waals surface area contributed by atoms with Crippen LogP contribution in [-0.4, -0.2) is 67.5 Å². The zero-order valence-corrected chi connectivity index (χ0v) is 23.7. The lowest BCUT2D eigenvalue weighted by molar-refractivity contribution is 0.108. The van der Waals surface area contributed by atoms with E-state index in [-0.39, 0.29) is 6.61 Å². The maximum Gasteiger partial charge on any atom is 0.137 e. The van der Waals surface area contributed by atoms with E-state index in [0.29, 0.717) is 0 Å². The average molecular weight is 516 g/mol. The molecule has 2 aromatic carbocycles. The van der Waals surface area contributed by atoms with Crippen LogP contribution in [0.3, 0.4) is 0 Å². The molecule has 0 radical (unpaired) electrons. The van der Waals surface area contributed by atoms with Crippen molar-refractivity contribution in [1.29, 1.82) is 0 Å². The number of allylic oxidation sites excluding steroid dienone is 3. The van der Waals surface area contributed by atoms with Crippen molar-refractivity contribution in [3.63, 3.8) is 0 Å². The summed E-state index contributed by atoms with van der Waals surface area (Å²) in [6, 6.07) is 17.3. The second-order valence-corrected chi connectivity index (χ2v) is 10.4. The van der Waals surface area contributed by atoms with Gasteiger partial charge in [-0.3, -0.25) is 9.80 Å². The SMILES string of the molecule is CCCCN1CC(=CC=C2Oc3cc(N(CC)CC)ccc3C(c3ccccc3)=C2C)CN(CCCO)C1. The second kappa shape index (κ2) is 13.8. The summed E-state index contributed by atoms with van der Waals surface area (Å²) in [6.45, 7) is 15.9. The molecule has 4 rings (SSSR count). The molecule has 38 heavy (non-hydrogen) atoms. The predicted octanol–water partition coefficient (Wildman–Crippen LogP) is 6.31. The molecule has 2 heterocycles. The van der Waals surface area contributed by atoms with E-state index < -0.39 is 0 Å². The summed E-state index contributed by atoms with van der Waals surface area (Å²) in [5.41, 5.74) is 7.33. The van der Waals surface area contributed by atoms with E-state index in [1.165, 1.54) is 35.2 Å². The van der Waals surface area contributed by atoms with Crippen molar-refractivity contribution in [3.8, 4) is 5.75 Å². The first-order valence-electron chi connectivity index (χ1n) is 14.4. The van der Waals surface area contributed by atoms with Gasteiger partial charge in [0, 0.05) is 62.2 Å². The van der Waals surface area contributed by atoms with Crippen LogP contribution < -0.4 is 9.64 Å². The van der Waals surface area contributed by atoms with Crippen molar-refractivity contribution in [2.75, 3.05) is 57.4 Å². The van der Waals surface area contributed by atoms with Gasteiger partial charge in [-0.05, 0) is 75.1 Å². The van der Waals surface area contributed by atoms with E-state index in [2.05, 4.69) is 103 Å². The fourth-order valence-corrected chi connectivity index (χ4v) is 5.53. The number of hydrogen-bond acceptors (Lipinski definition) is 5. The molecule has 2 aliphatic heterocycles. The number of aliphatic hydroxyl groups is 1. The summed E-state index contributed by atoms with van der Waals surface area (Å²) in [7, 11) is 0. The van der Waals surface area contributed by atoms with Crippen LogP contribution in [0.15, 0.2) is 77.6 Å². The van der Waals surface area contributed by atoms with Crippen LogP contribution in [0.4, 0.5) is 5.69 Å². The normalized spacial score (nSPS) is 18.7. The minimum atomic E-state index is 0.240. The molecule has 5 heteroatoms. The highest BCUT2D eigenvalue weighted by Crippen LogP contribution is 2.42. The molecular formula is C33H45N3O2. The number of aliphatic hydroxyl groups excluding tert-OH is 1. The Morgan fingerprint density at radius 1 is 0.921 bits per heavy atom. The first-order chi connectivity index (χ1) is 18.6. The van der Waals surface area contributed by atoms with Gasteiger partial charge in [-0.2, -0.15) is 0 Å². The Morgan fingerprint density at radius 2 is 1.63 bits per heavy atom. The van der Waals surface area contributed by atoms with E-state index in [1.807, 2.05) is 0 Å². The molecule has 0 bridgehead atoms. The zero-order chi connectivity index (χ0) is 26.9. The van der Waals surface area contributed by atoms with Crippen LogP contribution in [0.5, 0.6) is 5.75 Å². The van der Waals surface area contributed by atoms with Crippen LogP contribution >= 0.6 is 0 Å². The lowest BCUT2D eigenvalue weighted by Crippen LogP contribution is -2.46. The minimum Gasteiger partial charge on any atom is -0.456 e. The highest BCUT2D eigenvalue weighted by atomic mass is 16.5. The lowest BCUT2D eigenvalue weighted by Gasteiger charge is -2.37. The predicted molar refractivity (Wildman–Crippen MR) is 160 cm³/mol. The first-order valence-corrected chi connectivity index (χ1v) is 14.4. The van der Waals surface area contributed by atoms with Crippen LogP contribution in [0.1, 0.15) is 58.1 Å². The number of hydrogen-bond donors (Lipinski definition) is 1. The van der Waals surface area contributed by atoms with Gasteiger partial charge >= 0.3 is 0 Å². The third-order valence-electron chi connectivity index (χ3n) is 7.57. The van der Waals surface area contributed by atoms with Crippen molar-refractivity contribution >= 4 is 11.3 Å². The molecule has 5 nitrogen and oxygen atoms in total. The van der Waals surface area contributed by atoms with Crippen LogP contribution in [0, 0.1) is 0 Å².